The highest BCUT2D eigenvalue weighted by atomic mass is 16.5. The van der Waals surface area contributed by atoms with Gasteiger partial charge in [0.1, 0.15) is 17.1 Å². The molecule has 0 unspecified atom stereocenters. The van der Waals surface area contributed by atoms with E-state index in [-0.39, 0.29) is 17.1 Å². The third-order valence-corrected chi connectivity index (χ3v) is 2.88. The van der Waals surface area contributed by atoms with Gasteiger partial charge in [0.25, 0.3) is 0 Å². The summed E-state index contributed by atoms with van der Waals surface area (Å²) in [6.45, 7) is 5.87. The molecular weight excluding hydrogens is 276 g/mol. The number of ether oxygens (including phenoxy) is 2. The van der Waals surface area contributed by atoms with Gasteiger partial charge in [-0.1, -0.05) is 0 Å². The Bertz CT molecular complexity index is 800. The van der Waals surface area contributed by atoms with Gasteiger partial charge in [0.15, 0.2) is 0 Å². The standard InChI is InChI=1S/C15H14O6/c1-7-5-13(18)21-15-8(2)11(19-9(3)16)6-12(14(7)15)20-10(4)17/h5-6H,1-4H3. The molecule has 0 bridgehead atoms. The van der Waals surface area contributed by atoms with Crippen LogP contribution in [0.25, 0.3) is 11.0 Å². The van der Waals surface area contributed by atoms with Gasteiger partial charge in [-0.15, -0.1) is 0 Å². The molecule has 0 aliphatic heterocycles. The zero-order valence-corrected chi connectivity index (χ0v) is 12.1. The molecule has 0 aliphatic carbocycles. The summed E-state index contributed by atoms with van der Waals surface area (Å²) in [5, 5.41) is 0.498. The van der Waals surface area contributed by atoms with Crippen LogP contribution in [0.2, 0.25) is 0 Å². The lowest BCUT2D eigenvalue weighted by Gasteiger charge is -2.13. The van der Waals surface area contributed by atoms with E-state index >= 15 is 0 Å². The van der Waals surface area contributed by atoms with E-state index in [1.54, 1.807) is 13.8 Å². The Kier molecular flexibility index (Phi) is 3.80. The Morgan fingerprint density at radius 2 is 1.57 bits per heavy atom. The fourth-order valence-electron chi connectivity index (χ4n) is 2.09. The van der Waals surface area contributed by atoms with Crippen molar-refractivity contribution in [3.8, 4) is 11.5 Å². The number of rotatable bonds is 2. The number of hydrogen-bond donors (Lipinski definition) is 0. The van der Waals surface area contributed by atoms with Crippen molar-refractivity contribution in [2.45, 2.75) is 27.7 Å². The zero-order chi connectivity index (χ0) is 15.7. The molecule has 2 aromatic rings. The lowest BCUT2D eigenvalue weighted by Crippen LogP contribution is -2.08. The Labute approximate surface area is 120 Å². The van der Waals surface area contributed by atoms with Crippen LogP contribution >= 0.6 is 0 Å². The summed E-state index contributed by atoms with van der Waals surface area (Å²) in [5.41, 5.74) is 0.790. The highest BCUT2D eigenvalue weighted by Gasteiger charge is 2.18. The van der Waals surface area contributed by atoms with Crippen molar-refractivity contribution >= 4 is 22.9 Å². The fourth-order valence-corrected chi connectivity index (χ4v) is 2.09. The van der Waals surface area contributed by atoms with Crippen LogP contribution in [0.1, 0.15) is 25.0 Å². The second-order valence-corrected chi connectivity index (χ2v) is 4.64. The summed E-state index contributed by atoms with van der Waals surface area (Å²) in [6.07, 6.45) is 0. The minimum Gasteiger partial charge on any atom is -0.426 e. The molecule has 0 saturated heterocycles. The lowest BCUT2D eigenvalue weighted by atomic mass is 10.1. The van der Waals surface area contributed by atoms with E-state index in [4.69, 9.17) is 13.9 Å². The maximum Gasteiger partial charge on any atom is 0.336 e. The van der Waals surface area contributed by atoms with Gasteiger partial charge in [-0.3, -0.25) is 9.59 Å². The first-order chi connectivity index (χ1) is 9.79. The Morgan fingerprint density at radius 1 is 1.00 bits per heavy atom. The smallest absolute Gasteiger partial charge is 0.336 e. The van der Waals surface area contributed by atoms with Crippen molar-refractivity contribution in [3.05, 3.63) is 33.7 Å². The average molecular weight is 290 g/mol. The van der Waals surface area contributed by atoms with E-state index < -0.39 is 17.6 Å². The monoisotopic (exact) mass is 290 g/mol. The van der Waals surface area contributed by atoms with E-state index in [1.807, 2.05) is 0 Å². The third kappa shape index (κ3) is 2.94. The van der Waals surface area contributed by atoms with Crippen LogP contribution in [0.5, 0.6) is 11.5 Å². The summed E-state index contributed by atoms with van der Waals surface area (Å²) < 4.78 is 15.4. The van der Waals surface area contributed by atoms with Gasteiger partial charge in [0, 0.05) is 31.5 Å². The zero-order valence-electron chi connectivity index (χ0n) is 12.1. The van der Waals surface area contributed by atoms with Gasteiger partial charge >= 0.3 is 17.6 Å². The molecule has 2 rings (SSSR count). The molecule has 1 aromatic carbocycles. The van der Waals surface area contributed by atoms with Gasteiger partial charge < -0.3 is 13.9 Å². The molecule has 0 atom stereocenters. The number of hydrogen-bond acceptors (Lipinski definition) is 6. The van der Waals surface area contributed by atoms with Crippen molar-refractivity contribution in [2.24, 2.45) is 0 Å². The minimum atomic E-state index is -0.531. The summed E-state index contributed by atoms with van der Waals surface area (Å²) in [6, 6.07) is 2.74. The summed E-state index contributed by atoms with van der Waals surface area (Å²) in [5.74, 6) is -0.693. The topological polar surface area (TPSA) is 82.8 Å². The van der Waals surface area contributed by atoms with Crippen molar-refractivity contribution in [1.29, 1.82) is 0 Å². The van der Waals surface area contributed by atoms with Gasteiger partial charge in [0.2, 0.25) is 0 Å². The molecule has 1 heterocycles. The number of carbonyl (C=O) groups excluding carboxylic acids is 2. The number of carbonyl (C=O) groups is 2. The molecule has 0 amide bonds. The normalized spacial score (nSPS) is 10.5. The molecule has 0 N–H and O–H groups in total. The molecule has 0 spiro atoms. The summed E-state index contributed by atoms with van der Waals surface area (Å²) in [7, 11) is 0. The van der Waals surface area contributed by atoms with Crippen molar-refractivity contribution in [3.63, 3.8) is 0 Å². The third-order valence-electron chi connectivity index (χ3n) is 2.88. The number of esters is 2. The predicted molar refractivity (Wildman–Crippen MR) is 74.6 cm³/mol. The highest BCUT2D eigenvalue weighted by molar-refractivity contribution is 5.93. The first-order valence-corrected chi connectivity index (χ1v) is 6.24. The van der Waals surface area contributed by atoms with Gasteiger partial charge in [-0.05, 0) is 19.4 Å². The van der Waals surface area contributed by atoms with Crippen LogP contribution in [-0.2, 0) is 9.59 Å². The quantitative estimate of drug-likeness (QED) is 0.479. The Morgan fingerprint density at radius 3 is 2.14 bits per heavy atom. The molecule has 110 valence electrons. The number of benzene rings is 1. The SMILES string of the molecule is CC(=O)Oc1cc(OC(C)=O)c2c(C)cc(=O)oc2c1C. The average Bonchev–Trinajstić information content (AvgIpc) is 2.32. The fraction of sp³-hybridized carbons (Fsp3) is 0.267. The van der Waals surface area contributed by atoms with E-state index in [9.17, 15) is 14.4 Å². The Balaban J connectivity index is 2.85. The van der Waals surface area contributed by atoms with Crippen LogP contribution in [0.15, 0.2) is 21.3 Å². The summed E-state index contributed by atoms with van der Waals surface area (Å²) >= 11 is 0. The van der Waals surface area contributed by atoms with Crippen molar-refractivity contribution in [2.75, 3.05) is 0 Å². The molecule has 0 aliphatic rings. The minimum absolute atomic E-state index is 0.181. The first-order valence-electron chi connectivity index (χ1n) is 6.24. The van der Waals surface area contributed by atoms with Crippen LogP contribution in [-0.4, -0.2) is 11.9 Å². The van der Waals surface area contributed by atoms with Gasteiger partial charge in [-0.2, -0.15) is 0 Å². The number of aryl methyl sites for hydroxylation is 2. The van der Waals surface area contributed by atoms with Gasteiger partial charge in [0.05, 0.1) is 5.39 Å². The van der Waals surface area contributed by atoms with E-state index in [1.165, 1.54) is 26.0 Å². The maximum absolute atomic E-state index is 11.5. The number of fused-ring (bicyclic) bond motifs is 1. The van der Waals surface area contributed by atoms with Crippen LogP contribution in [0.4, 0.5) is 0 Å². The van der Waals surface area contributed by atoms with Crippen LogP contribution < -0.4 is 15.1 Å². The molecule has 0 fully saturated rings. The van der Waals surface area contributed by atoms with Crippen LogP contribution in [0, 0.1) is 13.8 Å². The van der Waals surface area contributed by atoms with Crippen LogP contribution in [0.3, 0.4) is 0 Å². The highest BCUT2D eigenvalue weighted by Crippen LogP contribution is 2.36. The molecule has 1 aromatic heterocycles. The van der Waals surface area contributed by atoms with Crippen molar-refractivity contribution in [1.82, 2.24) is 0 Å². The van der Waals surface area contributed by atoms with E-state index in [0.29, 0.717) is 16.5 Å². The molecule has 0 saturated carbocycles. The molecular formula is C15H14O6. The van der Waals surface area contributed by atoms with E-state index in [2.05, 4.69) is 0 Å². The van der Waals surface area contributed by atoms with Crippen molar-refractivity contribution < 1.29 is 23.5 Å². The molecule has 6 heteroatoms. The Hall–Kier alpha value is -2.63. The van der Waals surface area contributed by atoms with E-state index in [0.717, 1.165) is 0 Å². The van der Waals surface area contributed by atoms with Gasteiger partial charge in [-0.25, -0.2) is 4.79 Å². The second-order valence-electron chi connectivity index (χ2n) is 4.64. The maximum atomic E-state index is 11.5. The largest absolute Gasteiger partial charge is 0.426 e. The first kappa shape index (κ1) is 14.8. The lowest BCUT2D eigenvalue weighted by molar-refractivity contribution is -0.132. The predicted octanol–water partition coefficient (Wildman–Crippen LogP) is 2.26. The molecule has 0 radical (unpaired) electrons. The second kappa shape index (κ2) is 5.40. The summed E-state index contributed by atoms with van der Waals surface area (Å²) in [4.78, 5) is 33.9. The molecule has 6 nitrogen and oxygen atoms in total. The molecule has 21 heavy (non-hydrogen) atoms.